The molecule has 1 unspecified atom stereocenters. The monoisotopic (exact) mass is 550 g/mol. The number of hydrogen-bond donors (Lipinski definition) is 0. The normalized spacial score (nSPS) is 18.5. The molecule has 2 aliphatic carbocycles. The maximum Gasteiger partial charge on any atom is 0.145 e. The number of anilines is 1. The van der Waals surface area contributed by atoms with Crippen LogP contribution in [-0.2, 0) is 5.41 Å². The molecule has 4 heteroatoms. The van der Waals surface area contributed by atoms with Crippen LogP contribution in [0, 0.1) is 0 Å². The fourth-order valence-electron chi connectivity index (χ4n) is 7.98. The van der Waals surface area contributed by atoms with Crippen LogP contribution in [-0.4, -0.2) is 21.4 Å². The topological polar surface area (TPSA) is 33.4 Å². The molecule has 0 saturated carbocycles. The molecule has 2 aliphatic heterocycles. The highest BCUT2D eigenvalue weighted by Crippen LogP contribution is 2.61. The molecular weight excluding hydrogens is 524 g/mol. The van der Waals surface area contributed by atoms with Gasteiger partial charge in [-0.15, -0.1) is 0 Å². The van der Waals surface area contributed by atoms with Gasteiger partial charge in [-0.05, 0) is 58.2 Å². The zero-order valence-corrected chi connectivity index (χ0v) is 23.4. The van der Waals surface area contributed by atoms with Crippen LogP contribution in [0.2, 0.25) is 0 Å². The summed E-state index contributed by atoms with van der Waals surface area (Å²) < 4.78 is 2.34. The Morgan fingerprint density at radius 3 is 2.07 bits per heavy atom. The predicted molar refractivity (Wildman–Crippen MR) is 174 cm³/mol. The van der Waals surface area contributed by atoms with Crippen LogP contribution >= 0.6 is 0 Å². The van der Waals surface area contributed by atoms with Gasteiger partial charge >= 0.3 is 0 Å². The van der Waals surface area contributed by atoms with Gasteiger partial charge in [-0.25, -0.2) is 4.98 Å². The third-order valence-electron chi connectivity index (χ3n) is 9.66. The van der Waals surface area contributed by atoms with Crippen molar-refractivity contribution in [2.24, 2.45) is 4.99 Å². The van der Waals surface area contributed by atoms with E-state index in [0.717, 1.165) is 34.7 Å². The number of amidine groups is 1. The van der Waals surface area contributed by atoms with Crippen molar-refractivity contribution in [3.8, 4) is 22.5 Å². The van der Waals surface area contributed by atoms with E-state index in [4.69, 9.17) is 9.98 Å². The molecule has 1 spiro atoms. The molecule has 1 atom stereocenters. The molecule has 5 aromatic carbocycles. The molecule has 1 aromatic heterocycles. The van der Waals surface area contributed by atoms with Crippen LogP contribution in [0.25, 0.3) is 39.2 Å². The van der Waals surface area contributed by atoms with Crippen molar-refractivity contribution < 1.29 is 0 Å². The molecule has 10 rings (SSSR count). The van der Waals surface area contributed by atoms with E-state index in [2.05, 4.69) is 149 Å². The summed E-state index contributed by atoms with van der Waals surface area (Å²) in [4.78, 5) is 13.2. The Morgan fingerprint density at radius 2 is 1.28 bits per heavy atom. The van der Waals surface area contributed by atoms with E-state index in [-0.39, 0.29) is 6.04 Å². The number of aromatic nitrogens is 2. The molecule has 0 radical (unpaired) electrons. The molecule has 202 valence electrons. The summed E-state index contributed by atoms with van der Waals surface area (Å²) in [7, 11) is 0. The third kappa shape index (κ3) is 2.85. The van der Waals surface area contributed by atoms with Gasteiger partial charge in [0.15, 0.2) is 0 Å². The van der Waals surface area contributed by atoms with Crippen LogP contribution in [0.4, 0.5) is 5.69 Å². The summed E-state index contributed by atoms with van der Waals surface area (Å²) >= 11 is 0. The quantitative estimate of drug-likeness (QED) is 0.217. The molecule has 0 amide bonds. The molecule has 4 aliphatic rings. The Morgan fingerprint density at radius 1 is 0.628 bits per heavy atom. The Balaban J connectivity index is 1.18. The molecule has 0 bridgehead atoms. The van der Waals surface area contributed by atoms with Crippen molar-refractivity contribution in [1.29, 1.82) is 0 Å². The summed E-state index contributed by atoms with van der Waals surface area (Å²) in [6, 6.07) is 45.7. The molecule has 6 aromatic rings. The second-order valence-electron chi connectivity index (χ2n) is 11.7. The van der Waals surface area contributed by atoms with E-state index in [1.165, 1.54) is 44.9 Å². The lowest BCUT2D eigenvalue weighted by Crippen LogP contribution is -2.38. The number of allylic oxidation sites excluding steroid dienone is 2. The summed E-state index contributed by atoms with van der Waals surface area (Å²) in [6.45, 7) is 0. The molecule has 0 fully saturated rings. The van der Waals surface area contributed by atoms with Gasteiger partial charge in [-0.2, -0.15) is 0 Å². The lowest BCUT2D eigenvalue weighted by Gasteiger charge is -2.28. The average molecular weight is 551 g/mol. The second-order valence-corrected chi connectivity index (χ2v) is 11.7. The third-order valence-corrected chi connectivity index (χ3v) is 9.66. The smallest absolute Gasteiger partial charge is 0.145 e. The van der Waals surface area contributed by atoms with Crippen molar-refractivity contribution in [3.05, 3.63) is 162 Å². The SMILES string of the molecule is C1=C2C(CC(n3c(-c4ccccc4)nc4ccccc43)=C1)N=C1N2c2ccccc2C12c1ccccc1-c1ccccc12. The summed E-state index contributed by atoms with van der Waals surface area (Å²) in [5.41, 5.74) is 13.1. The average Bonchev–Trinajstić information content (AvgIpc) is 3.79. The highest BCUT2D eigenvalue weighted by atomic mass is 15.3. The van der Waals surface area contributed by atoms with Gasteiger partial charge in [0.25, 0.3) is 0 Å². The fraction of sp³-hybridized carbons (Fsp3) is 0.0769. The minimum Gasteiger partial charge on any atom is -0.299 e. The van der Waals surface area contributed by atoms with E-state index in [0.29, 0.717) is 0 Å². The number of para-hydroxylation sites is 3. The molecule has 43 heavy (non-hydrogen) atoms. The lowest BCUT2D eigenvalue weighted by atomic mass is 9.73. The summed E-state index contributed by atoms with van der Waals surface area (Å²) in [5, 5.41) is 0. The maximum atomic E-state index is 5.66. The van der Waals surface area contributed by atoms with Gasteiger partial charge < -0.3 is 0 Å². The number of imidazole rings is 1. The van der Waals surface area contributed by atoms with E-state index in [9.17, 15) is 0 Å². The largest absolute Gasteiger partial charge is 0.299 e. The lowest BCUT2D eigenvalue weighted by molar-refractivity contribution is 0.774. The van der Waals surface area contributed by atoms with Crippen molar-refractivity contribution >= 4 is 28.3 Å². The number of benzene rings is 5. The Bertz CT molecular complexity index is 2190. The van der Waals surface area contributed by atoms with Crippen LogP contribution in [0.3, 0.4) is 0 Å². The van der Waals surface area contributed by atoms with Crippen molar-refractivity contribution in [1.82, 2.24) is 9.55 Å². The molecule has 3 heterocycles. The van der Waals surface area contributed by atoms with Crippen molar-refractivity contribution in [2.45, 2.75) is 17.9 Å². The van der Waals surface area contributed by atoms with Crippen LogP contribution < -0.4 is 4.90 Å². The van der Waals surface area contributed by atoms with Gasteiger partial charge in [0, 0.05) is 23.4 Å². The zero-order valence-electron chi connectivity index (χ0n) is 23.4. The predicted octanol–water partition coefficient (Wildman–Crippen LogP) is 8.45. The summed E-state index contributed by atoms with van der Waals surface area (Å²) in [6.07, 6.45) is 5.38. The van der Waals surface area contributed by atoms with Crippen LogP contribution in [0.1, 0.15) is 23.1 Å². The van der Waals surface area contributed by atoms with Crippen LogP contribution in [0.5, 0.6) is 0 Å². The minimum absolute atomic E-state index is 0.0185. The highest BCUT2D eigenvalue weighted by molar-refractivity contribution is 6.22. The standard InChI is InChI=1S/C39H26N4/c1-2-12-25(13-3-1)37-40-32-19-9-11-21-35(32)42(37)26-22-23-36-33(24-26)41-38-39(31-18-8-10-20-34(31)43(36)38)29-16-6-4-14-27(29)28-15-5-7-17-30(28)39/h1-23,33H,24H2. The highest BCUT2D eigenvalue weighted by Gasteiger charge is 2.59. The molecule has 4 nitrogen and oxygen atoms in total. The Kier molecular flexibility index (Phi) is 4.46. The van der Waals surface area contributed by atoms with E-state index >= 15 is 0 Å². The van der Waals surface area contributed by atoms with Crippen molar-refractivity contribution in [2.75, 3.05) is 4.90 Å². The number of rotatable bonds is 2. The van der Waals surface area contributed by atoms with Gasteiger partial charge in [-0.1, -0.05) is 109 Å². The number of fused-ring (bicyclic) bond motifs is 13. The van der Waals surface area contributed by atoms with Crippen LogP contribution in [0.15, 0.2) is 150 Å². The van der Waals surface area contributed by atoms with Gasteiger partial charge in [0.1, 0.15) is 17.1 Å². The molecular formula is C39H26N4. The van der Waals surface area contributed by atoms with E-state index < -0.39 is 5.41 Å². The van der Waals surface area contributed by atoms with E-state index in [1.807, 2.05) is 0 Å². The first kappa shape index (κ1) is 23.1. The van der Waals surface area contributed by atoms with E-state index in [1.54, 1.807) is 0 Å². The van der Waals surface area contributed by atoms with Crippen molar-refractivity contribution in [3.63, 3.8) is 0 Å². The van der Waals surface area contributed by atoms with Gasteiger partial charge in [-0.3, -0.25) is 14.5 Å². The fourth-order valence-corrected chi connectivity index (χ4v) is 7.98. The Hall–Kier alpha value is -5.48. The van der Waals surface area contributed by atoms with Gasteiger partial charge in [0.05, 0.1) is 22.8 Å². The first-order valence-electron chi connectivity index (χ1n) is 15.0. The van der Waals surface area contributed by atoms with Gasteiger partial charge in [0.2, 0.25) is 0 Å². The number of nitrogens with zero attached hydrogens (tertiary/aromatic N) is 4. The second kappa shape index (κ2) is 8.30. The molecule has 0 N–H and O–H groups in total. The number of aliphatic imine (C=N–C) groups is 1. The molecule has 0 saturated heterocycles. The maximum absolute atomic E-state index is 5.66. The number of hydrogen-bond acceptors (Lipinski definition) is 3. The zero-order chi connectivity index (χ0) is 28.1. The first-order chi connectivity index (χ1) is 21.3. The Labute approximate surface area is 249 Å². The first-order valence-corrected chi connectivity index (χ1v) is 15.0. The minimum atomic E-state index is -0.432. The summed E-state index contributed by atoms with van der Waals surface area (Å²) in [5.74, 6) is 2.09.